The van der Waals surface area contributed by atoms with Gasteiger partial charge in [-0.05, 0) is 48.9 Å². The van der Waals surface area contributed by atoms with Crippen LogP contribution in [0.4, 0.5) is 0 Å². The van der Waals surface area contributed by atoms with Crippen LogP contribution in [0.15, 0.2) is 66.7 Å². The minimum Gasteiger partial charge on any atom is -0.490 e. The van der Waals surface area contributed by atoms with Crippen LogP contribution in [0.25, 0.3) is 0 Å². The monoisotopic (exact) mass is 445 g/mol. The molecule has 0 aromatic heterocycles. The van der Waals surface area contributed by atoms with Crippen molar-refractivity contribution in [3.8, 4) is 11.5 Å². The molecule has 0 unspecified atom stereocenters. The number of hydrogen-bond donors (Lipinski definition) is 1. The summed E-state index contributed by atoms with van der Waals surface area (Å²) in [6, 6.07) is 20.9. The summed E-state index contributed by atoms with van der Waals surface area (Å²) in [7, 11) is 0. The normalized spacial score (nSPS) is 10.4. The molecule has 0 atom stereocenters. The van der Waals surface area contributed by atoms with Crippen molar-refractivity contribution in [1.82, 2.24) is 5.32 Å². The molecule has 150 valence electrons. The SMILES string of the molecule is CCOc1cc(C(=S)NCc2ccc(Cl)cc2)ccc1OCc1ccccc1Cl. The predicted molar refractivity (Wildman–Crippen MR) is 123 cm³/mol. The molecule has 0 aliphatic carbocycles. The van der Waals surface area contributed by atoms with Gasteiger partial charge in [-0.25, -0.2) is 0 Å². The van der Waals surface area contributed by atoms with E-state index in [9.17, 15) is 0 Å². The largest absolute Gasteiger partial charge is 0.490 e. The van der Waals surface area contributed by atoms with Crippen molar-refractivity contribution in [2.24, 2.45) is 0 Å². The Kier molecular flexibility index (Phi) is 7.76. The fraction of sp³-hybridized carbons (Fsp3) is 0.174. The zero-order valence-electron chi connectivity index (χ0n) is 16.0. The first-order valence-electron chi connectivity index (χ1n) is 9.22. The molecule has 0 fully saturated rings. The van der Waals surface area contributed by atoms with Gasteiger partial charge < -0.3 is 14.8 Å². The highest BCUT2D eigenvalue weighted by molar-refractivity contribution is 7.80. The molecule has 0 heterocycles. The average Bonchev–Trinajstić information content (AvgIpc) is 2.73. The van der Waals surface area contributed by atoms with E-state index in [1.807, 2.05) is 73.7 Å². The Morgan fingerprint density at radius 1 is 0.931 bits per heavy atom. The number of nitrogens with one attached hydrogen (secondary N) is 1. The van der Waals surface area contributed by atoms with Gasteiger partial charge >= 0.3 is 0 Å². The maximum atomic E-state index is 6.21. The predicted octanol–water partition coefficient (Wildman–Crippen LogP) is 6.44. The van der Waals surface area contributed by atoms with Crippen molar-refractivity contribution in [1.29, 1.82) is 0 Å². The molecule has 0 amide bonds. The molecule has 0 spiro atoms. The lowest BCUT2D eigenvalue weighted by atomic mass is 10.1. The number of hydrogen-bond acceptors (Lipinski definition) is 3. The van der Waals surface area contributed by atoms with Crippen LogP contribution < -0.4 is 14.8 Å². The fourth-order valence-corrected chi connectivity index (χ4v) is 3.21. The summed E-state index contributed by atoms with van der Waals surface area (Å²) in [5.41, 5.74) is 2.88. The zero-order chi connectivity index (χ0) is 20.6. The topological polar surface area (TPSA) is 30.5 Å². The third-order valence-corrected chi connectivity index (χ3v) is 5.21. The summed E-state index contributed by atoms with van der Waals surface area (Å²) in [6.45, 7) is 3.43. The molecule has 0 bridgehead atoms. The van der Waals surface area contributed by atoms with Crippen LogP contribution in [0.2, 0.25) is 10.0 Å². The molecule has 0 aliphatic heterocycles. The lowest BCUT2D eigenvalue weighted by Crippen LogP contribution is -2.21. The second-order valence-electron chi connectivity index (χ2n) is 6.28. The first-order chi connectivity index (χ1) is 14.1. The fourth-order valence-electron chi connectivity index (χ4n) is 2.69. The van der Waals surface area contributed by atoms with Gasteiger partial charge in [0.05, 0.1) is 6.61 Å². The van der Waals surface area contributed by atoms with Crippen molar-refractivity contribution in [2.75, 3.05) is 6.61 Å². The third-order valence-electron chi connectivity index (χ3n) is 4.21. The standard InChI is InChI=1S/C23H21Cl2NO2S/c1-2-27-22-13-17(23(29)26-14-16-7-10-19(24)11-8-16)9-12-21(22)28-15-18-5-3-4-6-20(18)25/h3-13H,2,14-15H2,1H3,(H,26,29). The number of rotatable bonds is 8. The van der Waals surface area contributed by atoms with Gasteiger partial charge in [0.1, 0.15) is 11.6 Å². The molecular formula is C23H21Cl2NO2S. The van der Waals surface area contributed by atoms with Crippen LogP contribution in [0.3, 0.4) is 0 Å². The molecule has 3 rings (SSSR count). The molecule has 6 heteroatoms. The highest BCUT2D eigenvalue weighted by Gasteiger charge is 2.11. The van der Waals surface area contributed by atoms with Gasteiger partial charge in [0, 0.05) is 27.7 Å². The first kappa shape index (κ1) is 21.4. The molecule has 0 aliphatic rings. The quantitative estimate of drug-likeness (QED) is 0.404. The van der Waals surface area contributed by atoms with E-state index < -0.39 is 0 Å². The lowest BCUT2D eigenvalue weighted by Gasteiger charge is -2.15. The Labute approximate surface area is 186 Å². The van der Waals surface area contributed by atoms with Crippen LogP contribution in [-0.4, -0.2) is 11.6 Å². The van der Waals surface area contributed by atoms with Crippen LogP contribution in [0, 0.1) is 0 Å². The van der Waals surface area contributed by atoms with Crippen molar-refractivity contribution in [3.63, 3.8) is 0 Å². The Bertz CT molecular complexity index is 977. The molecule has 3 nitrogen and oxygen atoms in total. The van der Waals surface area contributed by atoms with Crippen molar-refractivity contribution >= 4 is 40.4 Å². The van der Waals surface area contributed by atoms with E-state index in [-0.39, 0.29) is 0 Å². The summed E-state index contributed by atoms with van der Waals surface area (Å²) in [5, 5.41) is 4.65. The molecule has 0 saturated carbocycles. The number of halogens is 2. The second kappa shape index (κ2) is 10.5. The van der Waals surface area contributed by atoms with Gasteiger partial charge in [-0.15, -0.1) is 0 Å². The minimum atomic E-state index is 0.359. The van der Waals surface area contributed by atoms with Crippen molar-refractivity contribution < 1.29 is 9.47 Å². The van der Waals surface area contributed by atoms with E-state index in [1.54, 1.807) is 0 Å². The highest BCUT2D eigenvalue weighted by atomic mass is 35.5. The van der Waals surface area contributed by atoms with Gasteiger partial charge in [-0.3, -0.25) is 0 Å². The summed E-state index contributed by atoms with van der Waals surface area (Å²) in [4.78, 5) is 0.638. The first-order valence-corrected chi connectivity index (χ1v) is 10.4. The molecule has 0 radical (unpaired) electrons. The summed E-state index contributed by atoms with van der Waals surface area (Å²) >= 11 is 17.7. The summed E-state index contributed by atoms with van der Waals surface area (Å²) in [6.07, 6.45) is 0. The molecule has 0 saturated heterocycles. The van der Waals surface area contributed by atoms with Crippen LogP contribution in [0.1, 0.15) is 23.6 Å². The molecule has 3 aromatic carbocycles. The van der Waals surface area contributed by atoms with Crippen molar-refractivity contribution in [2.45, 2.75) is 20.1 Å². The van der Waals surface area contributed by atoms with E-state index in [1.165, 1.54) is 0 Å². The van der Waals surface area contributed by atoms with E-state index in [2.05, 4.69) is 5.32 Å². The minimum absolute atomic E-state index is 0.359. The summed E-state index contributed by atoms with van der Waals surface area (Å²) in [5.74, 6) is 1.30. The third kappa shape index (κ3) is 6.10. The number of thiocarbonyl (C=S) groups is 1. The number of ether oxygens (including phenoxy) is 2. The smallest absolute Gasteiger partial charge is 0.161 e. The number of benzene rings is 3. The lowest BCUT2D eigenvalue weighted by molar-refractivity contribution is 0.269. The summed E-state index contributed by atoms with van der Waals surface area (Å²) < 4.78 is 11.7. The zero-order valence-corrected chi connectivity index (χ0v) is 18.3. The Morgan fingerprint density at radius 2 is 1.69 bits per heavy atom. The van der Waals surface area contributed by atoms with Crippen molar-refractivity contribution in [3.05, 3.63) is 93.5 Å². The maximum absolute atomic E-state index is 6.21. The van der Waals surface area contributed by atoms with Gasteiger partial charge in [-0.2, -0.15) is 0 Å². The molecule has 3 aromatic rings. The van der Waals surface area contributed by atoms with Crippen LogP contribution >= 0.6 is 35.4 Å². The molecule has 29 heavy (non-hydrogen) atoms. The van der Waals surface area contributed by atoms with Gasteiger partial charge in [0.2, 0.25) is 0 Å². The maximum Gasteiger partial charge on any atom is 0.161 e. The highest BCUT2D eigenvalue weighted by Crippen LogP contribution is 2.30. The Balaban J connectivity index is 1.68. The Hall–Kier alpha value is -2.27. The van der Waals surface area contributed by atoms with Gasteiger partial charge in [-0.1, -0.05) is 65.8 Å². The molecule has 1 N–H and O–H groups in total. The van der Waals surface area contributed by atoms with E-state index in [4.69, 9.17) is 44.9 Å². The second-order valence-corrected chi connectivity index (χ2v) is 7.54. The van der Waals surface area contributed by atoms with Gasteiger partial charge in [0.25, 0.3) is 0 Å². The molecular weight excluding hydrogens is 425 g/mol. The van der Waals surface area contributed by atoms with E-state index in [0.717, 1.165) is 16.7 Å². The Morgan fingerprint density at radius 3 is 2.41 bits per heavy atom. The van der Waals surface area contributed by atoms with Gasteiger partial charge in [0.15, 0.2) is 11.5 Å². The van der Waals surface area contributed by atoms with E-state index >= 15 is 0 Å². The average molecular weight is 446 g/mol. The van der Waals surface area contributed by atoms with Crippen LogP contribution in [-0.2, 0) is 13.2 Å². The van der Waals surface area contributed by atoms with Crippen LogP contribution in [0.5, 0.6) is 11.5 Å². The van der Waals surface area contributed by atoms with E-state index in [0.29, 0.717) is 46.3 Å².